The van der Waals surface area contributed by atoms with E-state index in [-0.39, 0.29) is 11.9 Å². The van der Waals surface area contributed by atoms with E-state index in [0.717, 1.165) is 60.4 Å². The fourth-order valence-corrected chi connectivity index (χ4v) is 4.40. The number of methoxy groups -OCH3 is 2. The van der Waals surface area contributed by atoms with Crippen LogP contribution < -0.4 is 9.47 Å². The minimum absolute atomic E-state index is 0.0700. The van der Waals surface area contributed by atoms with E-state index in [0.29, 0.717) is 17.9 Å². The van der Waals surface area contributed by atoms with E-state index in [1.807, 2.05) is 41.4 Å². The van der Waals surface area contributed by atoms with Gasteiger partial charge in [0.2, 0.25) is 5.91 Å². The molecular weight excluding hydrogens is 416 g/mol. The van der Waals surface area contributed by atoms with Gasteiger partial charge in [0.05, 0.1) is 32.4 Å². The Morgan fingerprint density at radius 1 is 1.12 bits per heavy atom. The van der Waals surface area contributed by atoms with Crippen molar-refractivity contribution >= 4 is 5.91 Å². The number of likely N-dealkylation sites (tertiary alicyclic amines) is 1. The van der Waals surface area contributed by atoms with Crippen LogP contribution in [0.3, 0.4) is 0 Å². The summed E-state index contributed by atoms with van der Waals surface area (Å²) in [6, 6.07) is 9.48. The molecule has 1 atom stereocenters. The monoisotopic (exact) mass is 446 g/mol. The lowest BCUT2D eigenvalue weighted by molar-refractivity contribution is -0.131. The summed E-state index contributed by atoms with van der Waals surface area (Å²) < 4.78 is 10.7. The number of hydrogen-bond acceptors (Lipinski definition) is 6. The highest BCUT2D eigenvalue weighted by atomic mass is 16.5. The summed E-state index contributed by atoms with van der Waals surface area (Å²) in [5.41, 5.74) is 3.81. The number of hydrogen-bond donors (Lipinski definition) is 0. The molecular formula is C26H30N4O3. The van der Waals surface area contributed by atoms with Gasteiger partial charge in [-0.05, 0) is 54.7 Å². The number of aryl methyl sites for hydroxylation is 1. The Balaban J connectivity index is 1.64. The first kappa shape index (κ1) is 22.7. The molecule has 2 aromatic heterocycles. The van der Waals surface area contributed by atoms with Crippen molar-refractivity contribution < 1.29 is 14.3 Å². The van der Waals surface area contributed by atoms with Gasteiger partial charge in [-0.3, -0.25) is 9.78 Å². The minimum atomic E-state index is -0.0700. The van der Waals surface area contributed by atoms with Crippen molar-refractivity contribution in [1.82, 2.24) is 19.9 Å². The molecule has 1 aromatic carbocycles. The lowest BCUT2D eigenvalue weighted by atomic mass is 10.00. The zero-order valence-electron chi connectivity index (χ0n) is 19.5. The maximum atomic E-state index is 13.4. The molecule has 1 unspecified atom stereocenters. The van der Waals surface area contributed by atoms with Crippen LogP contribution in [-0.2, 0) is 17.6 Å². The first-order valence-corrected chi connectivity index (χ1v) is 11.4. The highest BCUT2D eigenvalue weighted by Gasteiger charge is 2.33. The highest BCUT2D eigenvalue weighted by Crippen LogP contribution is 2.37. The van der Waals surface area contributed by atoms with Crippen LogP contribution in [0.2, 0.25) is 0 Å². The summed E-state index contributed by atoms with van der Waals surface area (Å²) in [5.74, 6) is 2.19. The third-order valence-electron chi connectivity index (χ3n) is 6.03. The average molecular weight is 447 g/mol. The van der Waals surface area contributed by atoms with Gasteiger partial charge < -0.3 is 14.4 Å². The zero-order valence-corrected chi connectivity index (χ0v) is 19.5. The summed E-state index contributed by atoms with van der Waals surface area (Å²) in [5, 5.41) is 0. The molecule has 0 N–H and O–H groups in total. The molecule has 1 amide bonds. The van der Waals surface area contributed by atoms with Crippen molar-refractivity contribution in [2.45, 2.75) is 45.1 Å². The Labute approximate surface area is 194 Å². The van der Waals surface area contributed by atoms with E-state index < -0.39 is 0 Å². The Morgan fingerprint density at radius 2 is 1.91 bits per heavy atom. The van der Waals surface area contributed by atoms with Gasteiger partial charge >= 0.3 is 0 Å². The number of aromatic nitrogens is 3. The zero-order chi connectivity index (χ0) is 23.2. The van der Waals surface area contributed by atoms with Gasteiger partial charge in [0.1, 0.15) is 5.82 Å². The number of benzene rings is 1. The molecule has 7 heteroatoms. The number of pyridine rings is 1. The number of carbonyl (C=O) groups excluding carboxylic acids is 1. The van der Waals surface area contributed by atoms with E-state index in [9.17, 15) is 4.79 Å². The van der Waals surface area contributed by atoms with Crippen molar-refractivity contribution in [2.24, 2.45) is 0 Å². The molecule has 0 radical (unpaired) electrons. The third-order valence-corrected chi connectivity index (χ3v) is 6.03. The maximum absolute atomic E-state index is 13.4. The molecule has 1 aliphatic heterocycles. The van der Waals surface area contributed by atoms with Gasteiger partial charge in [0, 0.05) is 37.1 Å². The Morgan fingerprint density at radius 3 is 2.64 bits per heavy atom. The van der Waals surface area contributed by atoms with Crippen LogP contribution in [0, 0.1) is 0 Å². The van der Waals surface area contributed by atoms with Crippen molar-refractivity contribution in [2.75, 3.05) is 20.8 Å². The number of rotatable bonds is 8. The Bertz CT molecular complexity index is 1100. The molecule has 33 heavy (non-hydrogen) atoms. The molecule has 0 spiro atoms. The molecule has 3 aromatic rings. The molecule has 3 heterocycles. The lowest BCUT2D eigenvalue weighted by Gasteiger charge is -2.26. The number of carbonyl (C=O) groups is 1. The summed E-state index contributed by atoms with van der Waals surface area (Å²) in [6.45, 7) is 2.84. The average Bonchev–Trinajstić information content (AvgIpc) is 3.35. The number of nitrogens with zero attached hydrogens (tertiary/aromatic N) is 4. The van der Waals surface area contributed by atoms with Crippen LogP contribution in [0.4, 0.5) is 0 Å². The van der Waals surface area contributed by atoms with Crippen LogP contribution in [0.25, 0.3) is 11.1 Å². The van der Waals surface area contributed by atoms with Gasteiger partial charge in [-0.15, -0.1) is 0 Å². The van der Waals surface area contributed by atoms with E-state index >= 15 is 0 Å². The van der Waals surface area contributed by atoms with Crippen molar-refractivity contribution in [3.8, 4) is 22.6 Å². The highest BCUT2D eigenvalue weighted by molar-refractivity contribution is 5.80. The summed E-state index contributed by atoms with van der Waals surface area (Å²) in [6.07, 6.45) is 9.37. The molecule has 0 bridgehead atoms. The normalized spacial score (nSPS) is 15.5. The third kappa shape index (κ3) is 4.97. The first-order valence-electron chi connectivity index (χ1n) is 11.4. The van der Waals surface area contributed by atoms with Crippen LogP contribution in [0.5, 0.6) is 11.5 Å². The molecule has 4 rings (SSSR count). The van der Waals surface area contributed by atoms with Crippen molar-refractivity contribution in [3.63, 3.8) is 0 Å². The van der Waals surface area contributed by atoms with Crippen molar-refractivity contribution in [1.29, 1.82) is 0 Å². The summed E-state index contributed by atoms with van der Waals surface area (Å²) >= 11 is 0. The van der Waals surface area contributed by atoms with Gasteiger partial charge in [0.25, 0.3) is 0 Å². The van der Waals surface area contributed by atoms with Crippen LogP contribution in [-0.4, -0.2) is 46.5 Å². The Hall–Kier alpha value is -3.48. The van der Waals surface area contributed by atoms with Gasteiger partial charge in [0.15, 0.2) is 11.5 Å². The van der Waals surface area contributed by atoms with E-state index in [4.69, 9.17) is 14.5 Å². The standard InChI is InChI=1S/C26H30N4O3/c1-4-6-24-28-17-20(19-10-12-27-13-11-19)26(29-24)21-7-5-14-30(21)25(31)16-18-8-9-22(32-2)23(15-18)33-3/h8-13,15,17,21H,4-7,14,16H2,1-3H3. The molecule has 0 saturated carbocycles. The second kappa shape index (κ2) is 10.4. The lowest BCUT2D eigenvalue weighted by Crippen LogP contribution is -2.32. The Kier molecular flexibility index (Phi) is 7.17. The summed E-state index contributed by atoms with van der Waals surface area (Å²) in [7, 11) is 3.20. The van der Waals surface area contributed by atoms with Gasteiger partial charge in [-0.25, -0.2) is 9.97 Å². The quantitative estimate of drug-likeness (QED) is 0.510. The van der Waals surface area contributed by atoms with Crippen LogP contribution in [0.15, 0.2) is 48.9 Å². The minimum Gasteiger partial charge on any atom is -0.493 e. The van der Waals surface area contributed by atoms with Crippen LogP contribution in [0.1, 0.15) is 49.3 Å². The first-order chi connectivity index (χ1) is 16.1. The predicted octanol–water partition coefficient (Wildman–Crippen LogP) is 4.41. The smallest absolute Gasteiger partial charge is 0.227 e. The molecule has 1 saturated heterocycles. The van der Waals surface area contributed by atoms with E-state index in [1.165, 1.54) is 0 Å². The van der Waals surface area contributed by atoms with Gasteiger partial charge in [-0.1, -0.05) is 13.0 Å². The van der Waals surface area contributed by atoms with E-state index in [1.54, 1.807) is 26.6 Å². The summed E-state index contributed by atoms with van der Waals surface area (Å²) in [4.78, 5) is 29.1. The predicted molar refractivity (Wildman–Crippen MR) is 126 cm³/mol. The molecule has 172 valence electrons. The second-order valence-electron chi connectivity index (χ2n) is 8.18. The number of amides is 1. The van der Waals surface area contributed by atoms with Crippen molar-refractivity contribution in [3.05, 3.63) is 66.0 Å². The fraction of sp³-hybridized carbons (Fsp3) is 0.385. The molecule has 1 fully saturated rings. The maximum Gasteiger partial charge on any atom is 0.227 e. The molecule has 0 aliphatic carbocycles. The van der Waals surface area contributed by atoms with Gasteiger partial charge in [-0.2, -0.15) is 0 Å². The van der Waals surface area contributed by atoms with Crippen LogP contribution >= 0.6 is 0 Å². The SMILES string of the molecule is CCCc1ncc(-c2ccncc2)c(C2CCCN2C(=O)Cc2ccc(OC)c(OC)c2)n1. The number of ether oxygens (including phenoxy) is 2. The van der Waals surface area contributed by atoms with E-state index in [2.05, 4.69) is 16.9 Å². The molecule has 1 aliphatic rings. The molecule has 7 nitrogen and oxygen atoms in total. The fourth-order valence-electron chi connectivity index (χ4n) is 4.40. The largest absolute Gasteiger partial charge is 0.493 e. The topological polar surface area (TPSA) is 77.4 Å². The second-order valence-corrected chi connectivity index (χ2v) is 8.18.